The maximum absolute atomic E-state index is 12.4. The lowest BCUT2D eigenvalue weighted by atomic mass is 9.84. The minimum absolute atomic E-state index is 0.0383. The molecule has 2 heterocycles. The minimum Gasteiger partial charge on any atom is -0.356 e. The van der Waals surface area contributed by atoms with Crippen LogP contribution in [0, 0.1) is 11.8 Å². The van der Waals surface area contributed by atoms with E-state index in [2.05, 4.69) is 22.5 Å². The summed E-state index contributed by atoms with van der Waals surface area (Å²) in [5.74, 6) is 0.854. The molecule has 2 rings (SSSR count). The number of nitrogens with zero attached hydrogens (tertiary/aromatic N) is 1. The van der Waals surface area contributed by atoms with Gasteiger partial charge >= 0.3 is 6.18 Å². The summed E-state index contributed by atoms with van der Waals surface area (Å²) in [5, 5.41) is 7.48. The molecule has 0 aliphatic carbocycles. The number of hydrogen-bond acceptors (Lipinski definition) is 4. The van der Waals surface area contributed by atoms with E-state index in [0.717, 1.165) is 42.6 Å². The van der Waals surface area contributed by atoms with Gasteiger partial charge in [-0.3, -0.25) is 4.79 Å². The molecule has 8 heteroatoms. The molecule has 1 aromatic rings. The number of aromatic nitrogens is 1. The van der Waals surface area contributed by atoms with E-state index < -0.39 is 11.9 Å². The number of halogens is 3. The highest BCUT2D eigenvalue weighted by Crippen LogP contribution is 2.30. The summed E-state index contributed by atoms with van der Waals surface area (Å²) in [6, 6.07) is 0. The molecular weight excluding hydrogens is 327 g/mol. The van der Waals surface area contributed by atoms with Crippen LogP contribution in [0.1, 0.15) is 36.9 Å². The van der Waals surface area contributed by atoms with Crippen LogP contribution in [0.2, 0.25) is 0 Å². The maximum atomic E-state index is 12.4. The van der Waals surface area contributed by atoms with Crippen molar-refractivity contribution in [1.82, 2.24) is 15.6 Å². The van der Waals surface area contributed by atoms with Crippen LogP contribution in [0.5, 0.6) is 0 Å². The number of hydrogen-bond donors (Lipinski definition) is 2. The molecule has 1 fully saturated rings. The second-order valence-electron chi connectivity index (χ2n) is 5.99. The Labute approximate surface area is 137 Å². The zero-order valence-electron chi connectivity index (χ0n) is 13.1. The number of carbonyl (C=O) groups excluding carboxylic acids is 1. The van der Waals surface area contributed by atoms with Gasteiger partial charge in [-0.1, -0.05) is 6.92 Å². The lowest BCUT2D eigenvalue weighted by molar-refractivity contribution is -0.140. The van der Waals surface area contributed by atoms with Crippen LogP contribution in [0.25, 0.3) is 0 Å². The predicted molar refractivity (Wildman–Crippen MR) is 83.2 cm³/mol. The van der Waals surface area contributed by atoms with E-state index in [9.17, 15) is 18.0 Å². The van der Waals surface area contributed by atoms with Gasteiger partial charge in [0.25, 0.3) is 0 Å². The zero-order valence-corrected chi connectivity index (χ0v) is 13.9. The molecule has 1 saturated heterocycles. The number of nitrogens with one attached hydrogen (secondary N) is 2. The van der Waals surface area contributed by atoms with E-state index >= 15 is 0 Å². The second-order valence-corrected chi connectivity index (χ2v) is 6.94. The van der Waals surface area contributed by atoms with Gasteiger partial charge in [0, 0.05) is 24.8 Å². The van der Waals surface area contributed by atoms with Crippen molar-refractivity contribution in [3.8, 4) is 0 Å². The van der Waals surface area contributed by atoms with Crippen molar-refractivity contribution >= 4 is 17.2 Å². The lowest BCUT2D eigenvalue weighted by Crippen LogP contribution is -2.34. The minimum atomic E-state index is -4.40. The first-order valence-electron chi connectivity index (χ1n) is 7.85. The summed E-state index contributed by atoms with van der Waals surface area (Å²) in [7, 11) is 0. The molecule has 130 valence electrons. The Hall–Kier alpha value is -1.15. The molecule has 0 radical (unpaired) electrons. The Morgan fingerprint density at radius 2 is 2.17 bits per heavy atom. The molecule has 0 spiro atoms. The summed E-state index contributed by atoms with van der Waals surface area (Å²) in [5.41, 5.74) is -0.858. The molecule has 2 N–H and O–H groups in total. The topological polar surface area (TPSA) is 54.0 Å². The van der Waals surface area contributed by atoms with Gasteiger partial charge in [0.05, 0.1) is 5.01 Å². The van der Waals surface area contributed by atoms with Crippen LogP contribution < -0.4 is 10.6 Å². The van der Waals surface area contributed by atoms with Gasteiger partial charge in [-0.2, -0.15) is 13.2 Å². The Kier molecular flexibility index (Phi) is 6.41. The molecule has 1 atom stereocenters. The normalized spacial score (nSPS) is 17.9. The highest BCUT2D eigenvalue weighted by molar-refractivity contribution is 7.09. The third-order valence-corrected chi connectivity index (χ3v) is 5.11. The first kappa shape index (κ1) is 18.2. The Balaban J connectivity index is 1.69. The molecule has 4 nitrogen and oxygen atoms in total. The van der Waals surface area contributed by atoms with Crippen LogP contribution >= 0.6 is 11.3 Å². The van der Waals surface area contributed by atoms with E-state index in [0.29, 0.717) is 36.2 Å². The average molecular weight is 349 g/mol. The first-order valence-corrected chi connectivity index (χ1v) is 8.73. The van der Waals surface area contributed by atoms with Gasteiger partial charge < -0.3 is 10.6 Å². The monoisotopic (exact) mass is 349 g/mol. The van der Waals surface area contributed by atoms with Gasteiger partial charge in [0.2, 0.25) is 5.91 Å². The number of alkyl halides is 3. The molecular formula is C15H22F3N3OS. The van der Waals surface area contributed by atoms with Gasteiger partial charge in [-0.05, 0) is 37.8 Å². The van der Waals surface area contributed by atoms with Gasteiger partial charge in [0.15, 0.2) is 5.69 Å². The summed E-state index contributed by atoms with van der Waals surface area (Å²) in [4.78, 5) is 15.5. The fourth-order valence-electron chi connectivity index (χ4n) is 2.81. The van der Waals surface area contributed by atoms with E-state index in [1.54, 1.807) is 0 Å². The highest BCUT2D eigenvalue weighted by atomic mass is 32.1. The van der Waals surface area contributed by atoms with Crippen LogP contribution in [-0.4, -0.2) is 30.5 Å². The molecule has 1 aliphatic heterocycles. The fourth-order valence-corrected chi connectivity index (χ4v) is 3.61. The Morgan fingerprint density at radius 1 is 1.48 bits per heavy atom. The molecule has 1 aromatic heterocycles. The number of piperidine rings is 1. The van der Waals surface area contributed by atoms with Crippen molar-refractivity contribution in [2.75, 3.05) is 19.6 Å². The van der Waals surface area contributed by atoms with Crippen LogP contribution in [0.15, 0.2) is 5.38 Å². The molecule has 1 aliphatic rings. The summed E-state index contributed by atoms with van der Waals surface area (Å²) in [6.45, 7) is 4.42. The van der Waals surface area contributed by atoms with Crippen LogP contribution in [-0.2, 0) is 17.4 Å². The van der Waals surface area contributed by atoms with Crippen molar-refractivity contribution in [2.24, 2.45) is 11.8 Å². The molecule has 1 unspecified atom stereocenters. The largest absolute Gasteiger partial charge is 0.434 e. The Morgan fingerprint density at radius 3 is 2.78 bits per heavy atom. The smallest absolute Gasteiger partial charge is 0.356 e. The van der Waals surface area contributed by atoms with Crippen molar-refractivity contribution in [1.29, 1.82) is 0 Å². The van der Waals surface area contributed by atoms with Crippen LogP contribution in [0.3, 0.4) is 0 Å². The fraction of sp³-hybridized carbons (Fsp3) is 0.733. The summed E-state index contributed by atoms with van der Waals surface area (Å²) < 4.78 is 37.3. The molecule has 0 aromatic carbocycles. The number of amides is 1. The SMILES string of the molecule is CC(CC(=O)NCCc1nc(C(F)(F)F)cs1)C1CCNCC1. The predicted octanol–water partition coefficient (Wildman–Crippen LogP) is 2.85. The number of rotatable bonds is 6. The van der Waals surface area contributed by atoms with Crippen molar-refractivity contribution in [3.63, 3.8) is 0 Å². The maximum Gasteiger partial charge on any atom is 0.434 e. The van der Waals surface area contributed by atoms with E-state index in [1.165, 1.54) is 0 Å². The first-order chi connectivity index (χ1) is 10.9. The van der Waals surface area contributed by atoms with Crippen molar-refractivity contribution in [3.05, 3.63) is 16.1 Å². The van der Waals surface area contributed by atoms with E-state index in [4.69, 9.17) is 0 Å². The Bertz CT molecular complexity index is 512. The van der Waals surface area contributed by atoms with Gasteiger partial charge in [-0.15, -0.1) is 11.3 Å². The highest BCUT2D eigenvalue weighted by Gasteiger charge is 2.33. The molecule has 0 saturated carbocycles. The third-order valence-electron chi connectivity index (χ3n) is 4.20. The van der Waals surface area contributed by atoms with E-state index in [1.807, 2.05) is 0 Å². The quantitative estimate of drug-likeness (QED) is 0.830. The van der Waals surface area contributed by atoms with Gasteiger partial charge in [-0.25, -0.2) is 4.98 Å². The zero-order chi connectivity index (χ0) is 16.9. The van der Waals surface area contributed by atoms with Crippen LogP contribution in [0.4, 0.5) is 13.2 Å². The number of carbonyl (C=O) groups is 1. The summed E-state index contributed by atoms with van der Waals surface area (Å²) in [6.07, 6.45) is -1.42. The summed E-state index contributed by atoms with van der Waals surface area (Å²) >= 11 is 0.975. The molecule has 1 amide bonds. The molecule has 23 heavy (non-hydrogen) atoms. The van der Waals surface area contributed by atoms with Crippen molar-refractivity contribution < 1.29 is 18.0 Å². The third kappa shape index (κ3) is 5.76. The van der Waals surface area contributed by atoms with E-state index in [-0.39, 0.29) is 5.91 Å². The second kappa shape index (κ2) is 8.10. The van der Waals surface area contributed by atoms with Gasteiger partial charge in [0.1, 0.15) is 0 Å². The lowest BCUT2D eigenvalue weighted by Gasteiger charge is -2.27. The standard InChI is InChI=1S/C15H22F3N3OS/c1-10(11-2-5-19-6-3-11)8-13(22)20-7-4-14-21-12(9-23-14)15(16,17)18/h9-11,19H,2-8H2,1H3,(H,20,22). The van der Waals surface area contributed by atoms with Crippen molar-refractivity contribution in [2.45, 2.75) is 38.8 Å². The average Bonchev–Trinajstić information content (AvgIpc) is 2.97. The molecule has 0 bridgehead atoms. The number of thiazole rings is 1.